The highest BCUT2D eigenvalue weighted by atomic mass is 32.2. The zero-order chi connectivity index (χ0) is 14.3. The third kappa shape index (κ3) is 2.29. The van der Waals surface area contributed by atoms with Crippen molar-refractivity contribution in [1.29, 1.82) is 0 Å². The van der Waals surface area contributed by atoms with Gasteiger partial charge in [0.15, 0.2) is 9.84 Å². The van der Waals surface area contributed by atoms with Crippen molar-refractivity contribution in [2.75, 3.05) is 23.0 Å². The fraction of sp³-hybridized carbons (Fsp3) is 0.462. The van der Waals surface area contributed by atoms with E-state index in [0.717, 1.165) is 10.6 Å². The summed E-state index contributed by atoms with van der Waals surface area (Å²) >= 11 is 1.54. The number of carbonyl (C=O) groups is 1. The fourth-order valence-electron chi connectivity index (χ4n) is 2.67. The number of para-hydroxylation sites is 1. The molecule has 1 fully saturated rings. The van der Waals surface area contributed by atoms with E-state index in [1.807, 2.05) is 24.3 Å². The smallest absolute Gasteiger partial charge is 0.414 e. The highest BCUT2D eigenvalue weighted by Crippen LogP contribution is 2.45. The quantitative estimate of drug-likeness (QED) is 0.792. The summed E-state index contributed by atoms with van der Waals surface area (Å²) in [7, 11) is -3.10. The normalized spacial score (nSPS) is 26.8. The maximum atomic E-state index is 12.2. The Hall–Kier alpha value is -1.21. The van der Waals surface area contributed by atoms with Crippen LogP contribution >= 0.6 is 11.8 Å². The number of sulfone groups is 1. The second-order valence-electron chi connectivity index (χ2n) is 4.84. The van der Waals surface area contributed by atoms with Gasteiger partial charge in [-0.1, -0.05) is 12.1 Å². The first kappa shape index (κ1) is 13.8. The number of hydrogen-bond acceptors (Lipinski definition) is 5. The molecule has 2 atom stereocenters. The summed E-state index contributed by atoms with van der Waals surface area (Å²) in [5.74, 6) is 0.129. The highest BCUT2D eigenvalue weighted by molar-refractivity contribution is 8.02. The summed E-state index contributed by atoms with van der Waals surface area (Å²) in [6, 6.07) is 7.14. The minimum atomic E-state index is -3.10. The second kappa shape index (κ2) is 4.96. The molecule has 20 heavy (non-hydrogen) atoms. The number of hydrogen-bond donors (Lipinski definition) is 0. The Balaban J connectivity index is 2.05. The van der Waals surface area contributed by atoms with E-state index in [-0.39, 0.29) is 29.4 Å². The van der Waals surface area contributed by atoms with Gasteiger partial charge in [-0.2, -0.15) is 0 Å². The van der Waals surface area contributed by atoms with Gasteiger partial charge in [-0.3, -0.25) is 4.90 Å². The van der Waals surface area contributed by atoms with Crippen molar-refractivity contribution >= 4 is 33.4 Å². The Morgan fingerprint density at radius 3 is 2.90 bits per heavy atom. The zero-order valence-corrected chi connectivity index (χ0v) is 12.6. The molecule has 1 aromatic carbocycles. The molecule has 0 radical (unpaired) electrons. The largest absolute Gasteiger partial charge is 0.449 e. The molecule has 3 rings (SSSR count). The standard InChI is InChI=1S/C13H15NO4S2/c1-2-18-13(15)14-9-5-3-4-6-11(9)19-12-8-20(16,17)7-10(12)14/h3-6,10,12H,2,7-8H2,1H3/t10-,12+/m1/s1. The number of fused-ring (bicyclic) bond motifs is 2. The third-order valence-corrected chi connectivity index (χ3v) is 6.78. The SMILES string of the molecule is CCOC(=O)N1c2ccccc2S[C@H]2CS(=O)(=O)C[C@H]21. The molecule has 0 bridgehead atoms. The molecule has 5 nitrogen and oxygen atoms in total. The van der Waals surface area contributed by atoms with Gasteiger partial charge in [-0.05, 0) is 19.1 Å². The van der Waals surface area contributed by atoms with Gasteiger partial charge in [0.25, 0.3) is 0 Å². The molecule has 1 amide bonds. The molecule has 2 heterocycles. The van der Waals surface area contributed by atoms with E-state index in [2.05, 4.69) is 0 Å². The first-order valence-electron chi connectivity index (χ1n) is 6.44. The van der Waals surface area contributed by atoms with Crippen molar-refractivity contribution in [3.63, 3.8) is 0 Å². The van der Waals surface area contributed by atoms with Crippen LogP contribution < -0.4 is 4.90 Å². The van der Waals surface area contributed by atoms with Crippen molar-refractivity contribution in [3.05, 3.63) is 24.3 Å². The maximum Gasteiger partial charge on any atom is 0.414 e. The Bertz CT molecular complexity index is 644. The van der Waals surface area contributed by atoms with Gasteiger partial charge in [-0.15, -0.1) is 11.8 Å². The third-order valence-electron chi connectivity index (χ3n) is 3.47. The summed E-state index contributed by atoms with van der Waals surface area (Å²) in [4.78, 5) is 14.7. The molecule has 1 aromatic rings. The van der Waals surface area contributed by atoms with Crippen LogP contribution in [0, 0.1) is 0 Å². The monoisotopic (exact) mass is 313 g/mol. The Kier molecular flexibility index (Phi) is 3.41. The number of thioether (sulfide) groups is 1. The minimum absolute atomic E-state index is 0.0117. The lowest BCUT2D eigenvalue weighted by Gasteiger charge is -2.36. The Morgan fingerprint density at radius 2 is 2.15 bits per heavy atom. The van der Waals surface area contributed by atoms with Crippen LogP contribution in [0.3, 0.4) is 0 Å². The van der Waals surface area contributed by atoms with E-state index < -0.39 is 15.9 Å². The second-order valence-corrected chi connectivity index (χ2v) is 8.27. The first-order chi connectivity index (χ1) is 9.52. The number of amides is 1. The van der Waals surface area contributed by atoms with Gasteiger partial charge in [-0.25, -0.2) is 13.2 Å². The lowest BCUT2D eigenvalue weighted by Crippen LogP contribution is -2.48. The number of nitrogens with zero attached hydrogens (tertiary/aromatic N) is 1. The number of ether oxygens (including phenoxy) is 1. The van der Waals surface area contributed by atoms with Crippen molar-refractivity contribution < 1.29 is 17.9 Å². The summed E-state index contributed by atoms with van der Waals surface area (Å²) < 4.78 is 28.9. The molecule has 0 N–H and O–H groups in total. The van der Waals surface area contributed by atoms with Crippen LogP contribution in [-0.2, 0) is 14.6 Å². The van der Waals surface area contributed by atoms with Gasteiger partial charge in [0.05, 0.1) is 29.8 Å². The van der Waals surface area contributed by atoms with Crippen molar-refractivity contribution in [1.82, 2.24) is 0 Å². The molecule has 108 valence electrons. The average molecular weight is 313 g/mol. The van der Waals surface area contributed by atoms with Gasteiger partial charge >= 0.3 is 6.09 Å². The molecule has 0 saturated carbocycles. The van der Waals surface area contributed by atoms with Crippen molar-refractivity contribution in [2.45, 2.75) is 23.1 Å². The van der Waals surface area contributed by atoms with Crippen LogP contribution in [0.5, 0.6) is 0 Å². The van der Waals surface area contributed by atoms with E-state index >= 15 is 0 Å². The van der Waals surface area contributed by atoms with Crippen LogP contribution in [0.2, 0.25) is 0 Å². The molecule has 2 aliphatic heterocycles. The molecule has 0 aromatic heterocycles. The van der Waals surface area contributed by atoms with E-state index in [0.29, 0.717) is 0 Å². The number of rotatable bonds is 1. The Labute approximate surface area is 122 Å². The lowest BCUT2D eigenvalue weighted by molar-refractivity contribution is 0.157. The molecule has 2 aliphatic rings. The van der Waals surface area contributed by atoms with E-state index in [4.69, 9.17) is 4.74 Å². The summed E-state index contributed by atoms with van der Waals surface area (Å²) in [6.07, 6.45) is -0.465. The molecule has 1 saturated heterocycles. The zero-order valence-electron chi connectivity index (χ0n) is 11.0. The van der Waals surface area contributed by atoms with Crippen LogP contribution in [0.15, 0.2) is 29.2 Å². The van der Waals surface area contributed by atoms with E-state index in [1.54, 1.807) is 18.7 Å². The topological polar surface area (TPSA) is 63.7 Å². The van der Waals surface area contributed by atoms with Crippen LogP contribution in [0.4, 0.5) is 10.5 Å². The molecular weight excluding hydrogens is 298 g/mol. The van der Waals surface area contributed by atoms with E-state index in [1.165, 1.54) is 4.90 Å². The fourth-order valence-corrected chi connectivity index (χ4v) is 6.60. The van der Waals surface area contributed by atoms with Gasteiger partial charge in [0, 0.05) is 10.1 Å². The van der Waals surface area contributed by atoms with Crippen molar-refractivity contribution in [2.24, 2.45) is 0 Å². The highest BCUT2D eigenvalue weighted by Gasteiger charge is 2.47. The van der Waals surface area contributed by atoms with Gasteiger partial charge < -0.3 is 4.74 Å². The van der Waals surface area contributed by atoms with Gasteiger partial charge in [0.1, 0.15) is 0 Å². The van der Waals surface area contributed by atoms with Crippen LogP contribution in [-0.4, -0.2) is 43.9 Å². The van der Waals surface area contributed by atoms with Crippen LogP contribution in [0.25, 0.3) is 0 Å². The molecule has 7 heteroatoms. The number of benzene rings is 1. The summed E-state index contributed by atoms with van der Waals surface area (Å²) in [5.41, 5.74) is 0.745. The van der Waals surface area contributed by atoms with Gasteiger partial charge in [0.2, 0.25) is 0 Å². The predicted molar refractivity (Wildman–Crippen MR) is 78.0 cm³/mol. The molecule has 0 aliphatic carbocycles. The number of anilines is 1. The maximum absolute atomic E-state index is 12.2. The first-order valence-corrected chi connectivity index (χ1v) is 9.14. The summed E-state index contributed by atoms with van der Waals surface area (Å²) in [6.45, 7) is 2.01. The lowest BCUT2D eigenvalue weighted by atomic mass is 10.2. The summed E-state index contributed by atoms with van der Waals surface area (Å²) in [5, 5.41) is -0.112. The van der Waals surface area contributed by atoms with Crippen molar-refractivity contribution in [3.8, 4) is 0 Å². The van der Waals surface area contributed by atoms with E-state index in [9.17, 15) is 13.2 Å². The molecule has 0 spiro atoms. The number of carbonyl (C=O) groups excluding carboxylic acids is 1. The predicted octanol–water partition coefficient (Wildman–Crippen LogP) is 1.92. The van der Waals surface area contributed by atoms with Crippen LogP contribution in [0.1, 0.15) is 6.92 Å². The minimum Gasteiger partial charge on any atom is -0.449 e. The Morgan fingerprint density at radius 1 is 1.40 bits per heavy atom. The molecule has 0 unspecified atom stereocenters. The molecular formula is C13H15NO4S2. The average Bonchev–Trinajstić information content (AvgIpc) is 2.69.